The largest absolute Gasteiger partial charge is 0.371 e. The highest BCUT2D eigenvalue weighted by atomic mass is 16.2. The molecule has 1 aromatic rings. The quantitative estimate of drug-likeness (QED) is 0.784. The molecule has 0 spiro atoms. The fourth-order valence-corrected chi connectivity index (χ4v) is 4.16. The summed E-state index contributed by atoms with van der Waals surface area (Å²) in [6.45, 7) is 7.99. The van der Waals surface area contributed by atoms with E-state index in [1.165, 1.54) is 12.8 Å². The lowest BCUT2D eigenvalue weighted by Crippen LogP contribution is -2.46. The molecule has 0 unspecified atom stereocenters. The van der Waals surface area contributed by atoms with Crippen molar-refractivity contribution in [1.82, 2.24) is 10.6 Å². The topological polar surface area (TPSA) is 61.4 Å². The summed E-state index contributed by atoms with van der Waals surface area (Å²) in [5, 5.41) is 6.38. The fourth-order valence-electron chi connectivity index (χ4n) is 4.16. The smallest absolute Gasteiger partial charge is 0.253 e. The van der Waals surface area contributed by atoms with Gasteiger partial charge in [-0.1, -0.05) is 38.8 Å². The minimum atomic E-state index is -0.00606. The predicted octanol–water partition coefficient (Wildman–Crippen LogP) is 3.74. The van der Waals surface area contributed by atoms with Crippen molar-refractivity contribution >= 4 is 17.5 Å². The summed E-state index contributed by atoms with van der Waals surface area (Å²) in [5.74, 6) is 0.868. The van der Waals surface area contributed by atoms with Gasteiger partial charge < -0.3 is 15.5 Å². The molecule has 1 saturated heterocycles. The average Bonchev–Trinajstić information content (AvgIpc) is 3.23. The molecule has 0 aromatic heterocycles. The number of carbonyl (C=O) groups is 2. The van der Waals surface area contributed by atoms with Crippen molar-refractivity contribution in [3.63, 3.8) is 0 Å². The maximum atomic E-state index is 12.8. The highest BCUT2D eigenvalue weighted by Gasteiger charge is 2.28. The van der Waals surface area contributed by atoms with E-state index in [-0.39, 0.29) is 29.8 Å². The molecule has 154 valence electrons. The van der Waals surface area contributed by atoms with Crippen LogP contribution < -0.4 is 15.5 Å². The number of benzene rings is 1. The minimum absolute atomic E-state index is 0.00606. The maximum absolute atomic E-state index is 12.8. The number of hydrogen-bond donors (Lipinski definition) is 2. The number of amides is 2. The molecule has 1 aliphatic carbocycles. The molecule has 5 nitrogen and oxygen atoms in total. The first-order chi connectivity index (χ1) is 13.5. The lowest BCUT2D eigenvalue weighted by atomic mass is 10.0. The van der Waals surface area contributed by atoms with Gasteiger partial charge in [0.25, 0.3) is 5.91 Å². The van der Waals surface area contributed by atoms with Crippen molar-refractivity contribution in [2.75, 3.05) is 18.0 Å². The number of nitrogens with zero attached hydrogens (tertiary/aromatic N) is 1. The van der Waals surface area contributed by atoms with E-state index in [1.807, 2.05) is 31.2 Å². The van der Waals surface area contributed by atoms with Gasteiger partial charge in [-0.25, -0.2) is 0 Å². The van der Waals surface area contributed by atoms with Crippen molar-refractivity contribution in [1.29, 1.82) is 0 Å². The van der Waals surface area contributed by atoms with Crippen LogP contribution in [0.2, 0.25) is 0 Å². The van der Waals surface area contributed by atoms with Crippen LogP contribution in [0.3, 0.4) is 0 Å². The normalized spacial score (nSPS) is 19.6. The molecule has 0 radical (unpaired) electrons. The first-order valence-corrected chi connectivity index (χ1v) is 10.9. The highest BCUT2D eigenvalue weighted by molar-refractivity contribution is 6.00. The summed E-state index contributed by atoms with van der Waals surface area (Å²) in [5.41, 5.74) is 1.74. The third-order valence-corrected chi connectivity index (χ3v) is 6.42. The van der Waals surface area contributed by atoms with Crippen LogP contribution in [0.5, 0.6) is 0 Å². The predicted molar refractivity (Wildman–Crippen MR) is 114 cm³/mol. The molecular formula is C23H35N3O2. The van der Waals surface area contributed by atoms with Gasteiger partial charge in [0.15, 0.2) is 0 Å². The number of anilines is 1. The van der Waals surface area contributed by atoms with Gasteiger partial charge in [0.2, 0.25) is 5.91 Å². The maximum Gasteiger partial charge on any atom is 0.253 e. The van der Waals surface area contributed by atoms with Crippen molar-refractivity contribution in [2.24, 2.45) is 11.8 Å². The van der Waals surface area contributed by atoms with Gasteiger partial charge >= 0.3 is 0 Å². The van der Waals surface area contributed by atoms with Crippen LogP contribution in [0, 0.1) is 11.8 Å². The molecule has 1 aromatic carbocycles. The van der Waals surface area contributed by atoms with Crippen molar-refractivity contribution in [2.45, 2.75) is 71.4 Å². The monoisotopic (exact) mass is 385 g/mol. The molecule has 2 fully saturated rings. The number of nitrogens with one attached hydrogen (secondary N) is 2. The molecule has 1 saturated carbocycles. The Hall–Kier alpha value is -2.04. The Morgan fingerprint density at radius 3 is 2.29 bits per heavy atom. The minimum Gasteiger partial charge on any atom is -0.371 e. The van der Waals surface area contributed by atoms with E-state index in [4.69, 9.17) is 0 Å². The zero-order valence-electron chi connectivity index (χ0n) is 17.5. The number of para-hydroxylation sites is 1. The first-order valence-electron chi connectivity index (χ1n) is 10.9. The Kier molecular flexibility index (Phi) is 6.97. The summed E-state index contributed by atoms with van der Waals surface area (Å²) in [7, 11) is 0. The van der Waals surface area contributed by atoms with Crippen LogP contribution in [0.15, 0.2) is 24.3 Å². The molecule has 2 N–H and O–H groups in total. The number of rotatable bonds is 6. The van der Waals surface area contributed by atoms with Crippen LogP contribution in [0.4, 0.5) is 5.69 Å². The summed E-state index contributed by atoms with van der Waals surface area (Å²) in [6, 6.07) is 8.25. The lowest BCUT2D eigenvalue weighted by molar-refractivity contribution is -0.125. The van der Waals surface area contributed by atoms with Crippen LogP contribution in [-0.2, 0) is 4.79 Å². The van der Waals surface area contributed by atoms with Gasteiger partial charge in [-0.15, -0.1) is 0 Å². The van der Waals surface area contributed by atoms with Gasteiger partial charge in [0.05, 0.1) is 5.56 Å². The van der Waals surface area contributed by atoms with Gasteiger partial charge in [-0.3, -0.25) is 9.59 Å². The molecule has 2 amide bonds. The number of piperidine rings is 1. The molecule has 3 rings (SSSR count). The molecule has 5 heteroatoms. The van der Waals surface area contributed by atoms with Crippen LogP contribution >= 0.6 is 0 Å². The van der Waals surface area contributed by atoms with Gasteiger partial charge in [0, 0.05) is 36.8 Å². The summed E-state index contributed by atoms with van der Waals surface area (Å²) >= 11 is 0. The van der Waals surface area contributed by atoms with Crippen molar-refractivity contribution < 1.29 is 9.59 Å². The second-order valence-corrected chi connectivity index (χ2v) is 8.77. The highest BCUT2D eigenvalue weighted by Crippen LogP contribution is 2.27. The van der Waals surface area contributed by atoms with Crippen LogP contribution in [0.1, 0.15) is 69.7 Å². The first kappa shape index (κ1) is 20.7. The fraction of sp³-hybridized carbons (Fsp3) is 0.652. The standard InChI is InChI=1S/C23H35N3O2/c1-16(2)17(3)24-23(28)20-10-6-7-11-21(20)26-14-12-19(13-15-26)25-22(27)18-8-4-5-9-18/h6-7,10-11,16-19H,4-5,8-9,12-15H2,1-3H3,(H,24,28)(H,25,27)/t17-/m1/s1. The Morgan fingerprint density at radius 1 is 1.00 bits per heavy atom. The zero-order valence-corrected chi connectivity index (χ0v) is 17.5. The molecule has 28 heavy (non-hydrogen) atoms. The Balaban J connectivity index is 1.58. The van der Waals surface area contributed by atoms with Gasteiger partial charge in [-0.2, -0.15) is 0 Å². The van der Waals surface area contributed by atoms with E-state index in [1.54, 1.807) is 0 Å². The van der Waals surface area contributed by atoms with E-state index in [0.717, 1.165) is 50.0 Å². The van der Waals surface area contributed by atoms with E-state index < -0.39 is 0 Å². The molecule has 1 aliphatic heterocycles. The van der Waals surface area contributed by atoms with Crippen molar-refractivity contribution in [3.05, 3.63) is 29.8 Å². The summed E-state index contributed by atoms with van der Waals surface area (Å²) in [6.07, 6.45) is 6.31. The number of hydrogen-bond acceptors (Lipinski definition) is 3. The Morgan fingerprint density at radius 2 is 1.64 bits per heavy atom. The molecule has 1 heterocycles. The van der Waals surface area contributed by atoms with E-state index in [0.29, 0.717) is 5.92 Å². The van der Waals surface area contributed by atoms with Gasteiger partial charge in [0.1, 0.15) is 0 Å². The van der Waals surface area contributed by atoms with Crippen LogP contribution in [0.25, 0.3) is 0 Å². The SMILES string of the molecule is CC(C)[C@@H](C)NC(=O)c1ccccc1N1CCC(NC(=O)C2CCCC2)CC1. The molecule has 2 aliphatic rings. The van der Waals surface area contributed by atoms with Crippen molar-refractivity contribution in [3.8, 4) is 0 Å². The lowest BCUT2D eigenvalue weighted by Gasteiger charge is -2.35. The van der Waals surface area contributed by atoms with Crippen LogP contribution in [-0.4, -0.2) is 37.0 Å². The second-order valence-electron chi connectivity index (χ2n) is 8.77. The van der Waals surface area contributed by atoms with E-state index in [2.05, 4.69) is 29.4 Å². The van der Waals surface area contributed by atoms with Gasteiger partial charge in [-0.05, 0) is 50.7 Å². The summed E-state index contributed by atoms with van der Waals surface area (Å²) < 4.78 is 0. The Bertz CT molecular complexity index is 674. The molecule has 0 bridgehead atoms. The number of carbonyl (C=O) groups excluding carboxylic acids is 2. The Labute approximate surface area is 169 Å². The molecule has 1 atom stereocenters. The third kappa shape index (κ3) is 5.06. The van der Waals surface area contributed by atoms with E-state index in [9.17, 15) is 9.59 Å². The summed E-state index contributed by atoms with van der Waals surface area (Å²) in [4.78, 5) is 27.5. The average molecular weight is 386 g/mol. The zero-order chi connectivity index (χ0) is 20.1. The van der Waals surface area contributed by atoms with E-state index >= 15 is 0 Å². The molecular weight excluding hydrogens is 350 g/mol. The second kappa shape index (κ2) is 9.44. The third-order valence-electron chi connectivity index (χ3n) is 6.42.